The van der Waals surface area contributed by atoms with Gasteiger partial charge in [-0.15, -0.1) is 11.3 Å². The number of aliphatic hydroxyl groups excluding tert-OH is 1. The van der Waals surface area contributed by atoms with Gasteiger partial charge in [0, 0.05) is 17.5 Å². The predicted octanol–water partition coefficient (Wildman–Crippen LogP) is 4.50. The third-order valence-corrected chi connectivity index (χ3v) is 5.96. The number of thiophene rings is 1. The van der Waals surface area contributed by atoms with Gasteiger partial charge in [0.1, 0.15) is 10.7 Å². The smallest absolute Gasteiger partial charge is 0.260 e. The van der Waals surface area contributed by atoms with E-state index in [4.69, 9.17) is 4.98 Å². The highest BCUT2D eigenvalue weighted by Gasteiger charge is 2.17. The van der Waals surface area contributed by atoms with Crippen molar-refractivity contribution >= 4 is 21.6 Å². The molecule has 0 aliphatic rings. The molecule has 0 amide bonds. The molecule has 0 aliphatic carbocycles. The Hall–Kier alpha value is -2.02. The topological polar surface area (TPSA) is 69.2 Å². The summed E-state index contributed by atoms with van der Waals surface area (Å²) in [4.78, 5) is 23.6. The first-order valence-corrected chi connectivity index (χ1v) is 11.1. The first-order valence-electron chi connectivity index (χ1n) is 10.2. The number of aromatic amines is 1. The number of hydrogen-bond acceptors (Lipinski definition) is 5. The summed E-state index contributed by atoms with van der Waals surface area (Å²) in [6.45, 7) is 12.3. The van der Waals surface area contributed by atoms with Gasteiger partial charge in [0.05, 0.1) is 18.0 Å². The molecule has 0 saturated heterocycles. The van der Waals surface area contributed by atoms with E-state index in [1.165, 1.54) is 16.9 Å². The predicted molar refractivity (Wildman–Crippen MR) is 122 cm³/mol. The van der Waals surface area contributed by atoms with Gasteiger partial charge in [-0.05, 0) is 50.8 Å². The van der Waals surface area contributed by atoms with Crippen molar-refractivity contribution in [1.29, 1.82) is 0 Å². The molecule has 0 radical (unpaired) electrons. The first kappa shape index (κ1) is 21.7. The average molecular weight is 414 g/mol. The number of rotatable bonds is 8. The third-order valence-electron chi connectivity index (χ3n) is 5.08. The van der Waals surface area contributed by atoms with Crippen LogP contribution in [0.2, 0.25) is 0 Å². The number of aliphatic hydroxyl groups is 1. The van der Waals surface area contributed by atoms with E-state index >= 15 is 0 Å². The Morgan fingerprint density at radius 2 is 1.97 bits per heavy atom. The van der Waals surface area contributed by atoms with Crippen LogP contribution in [-0.4, -0.2) is 39.2 Å². The molecular weight excluding hydrogens is 382 g/mol. The zero-order valence-corrected chi connectivity index (χ0v) is 18.8. The minimum Gasteiger partial charge on any atom is -0.392 e. The van der Waals surface area contributed by atoms with Crippen LogP contribution in [0.1, 0.15) is 44.1 Å². The van der Waals surface area contributed by atoms with Gasteiger partial charge < -0.3 is 10.1 Å². The van der Waals surface area contributed by atoms with Crippen LogP contribution < -0.4 is 5.56 Å². The molecule has 0 bridgehead atoms. The molecule has 3 aromatic rings. The maximum absolute atomic E-state index is 12.9. The summed E-state index contributed by atoms with van der Waals surface area (Å²) in [5, 5.41) is 12.5. The lowest BCUT2D eigenvalue weighted by atomic mass is 9.99. The highest BCUT2D eigenvalue weighted by atomic mass is 32.1. The van der Waals surface area contributed by atoms with Crippen molar-refractivity contribution in [3.8, 4) is 11.1 Å². The Balaban J connectivity index is 1.93. The molecular formula is C23H31N3O2S. The van der Waals surface area contributed by atoms with E-state index in [0.717, 1.165) is 34.5 Å². The van der Waals surface area contributed by atoms with E-state index in [0.29, 0.717) is 30.2 Å². The Morgan fingerprint density at radius 3 is 2.62 bits per heavy atom. The van der Waals surface area contributed by atoms with Gasteiger partial charge in [0.15, 0.2) is 0 Å². The van der Waals surface area contributed by atoms with Gasteiger partial charge in [-0.3, -0.25) is 9.69 Å². The minimum absolute atomic E-state index is 0.0953. The van der Waals surface area contributed by atoms with E-state index in [-0.39, 0.29) is 5.56 Å². The Labute approximate surface area is 176 Å². The quantitative estimate of drug-likeness (QED) is 0.571. The molecule has 156 valence electrons. The summed E-state index contributed by atoms with van der Waals surface area (Å²) in [5.74, 6) is 1.24. The van der Waals surface area contributed by atoms with E-state index in [1.54, 1.807) is 6.92 Å². The minimum atomic E-state index is -0.421. The Kier molecular flexibility index (Phi) is 6.88. The second kappa shape index (κ2) is 9.20. The monoisotopic (exact) mass is 413 g/mol. The molecule has 2 aromatic heterocycles. The fourth-order valence-corrected chi connectivity index (χ4v) is 4.60. The van der Waals surface area contributed by atoms with Crippen molar-refractivity contribution in [2.24, 2.45) is 5.92 Å². The lowest BCUT2D eigenvalue weighted by molar-refractivity contribution is 0.117. The van der Waals surface area contributed by atoms with Gasteiger partial charge in [-0.1, -0.05) is 37.6 Å². The molecule has 2 N–H and O–H groups in total. The fraction of sp³-hybridized carbons (Fsp3) is 0.478. The zero-order valence-electron chi connectivity index (χ0n) is 18.0. The number of H-pyrrole nitrogens is 1. The van der Waals surface area contributed by atoms with Crippen LogP contribution in [0.4, 0.5) is 0 Å². The van der Waals surface area contributed by atoms with Crippen LogP contribution in [0.3, 0.4) is 0 Å². The third kappa shape index (κ3) is 5.32. The van der Waals surface area contributed by atoms with Crippen LogP contribution in [0, 0.1) is 19.8 Å². The highest BCUT2D eigenvalue weighted by molar-refractivity contribution is 7.17. The highest BCUT2D eigenvalue weighted by Crippen LogP contribution is 2.33. The van der Waals surface area contributed by atoms with Crippen LogP contribution in [-0.2, 0) is 6.54 Å². The summed E-state index contributed by atoms with van der Waals surface area (Å²) < 4.78 is 0. The van der Waals surface area contributed by atoms with Crippen LogP contribution in [0.5, 0.6) is 0 Å². The van der Waals surface area contributed by atoms with E-state index < -0.39 is 6.10 Å². The standard InChI is InChI=1S/C23H31N3O2S/c1-14(2)8-9-26(11-17(5)27)12-20-24-22(28)21-19(13-29-23(21)25-20)18-7-6-15(3)10-16(18)4/h6-7,10,13-14,17,27H,8-9,11-12H2,1-5H3,(H,24,25,28)/t17-/m1/s1. The number of hydrogen-bond donors (Lipinski definition) is 2. The average Bonchev–Trinajstić information content (AvgIpc) is 3.03. The number of nitrogens with one attached hydrogen (secondary N) is 1. The van der Waals surface area contributed by atoms with Gasteiger partial charge >= 0.3 is 0 Å². The van der Waals surface area contributed by atoms with Crippen molar-refractivity contribution in [3.05, 3.63) is 50.9 Å². The van der Waals surface area contributed by atoms with E-state index in [9.17, 15) is 9.90 Å². The van der Waals surface area contributed by atoms with Crippen LogP contribution in [0.15, 0.2) is 28.4 Å². The molecule has 6 heteroatoms. The van der Waals surface area contributed by atoms with E-state index in [1.807, 2.05) is 5.38 Å². The normalized spacial score (nSPS) is 13.0. The number of fused-ring (bicyclic) bond motifs is 1. The van der Waals surface area contributed by atoms with Gasteiger partial charge in [-0.2, -0.15) is 0 Å². The largest absolute Gasteiger partial charge is 0.392 e. The van der Waals surface area contributed by atoms with Crippen molar-refractivity contribution in [2.75, 3.05) is 13.1 Å². The Morgan fingerprint density at radius 1 is 1.21 bits per heavy atom. The van der Waals surface area contributed by atoms with Crippen LogP contribution in [0.25, 0.3) is 21.3 Å². The van der Waals surface area contributed by atoms with Gasteiger partial charge in [-0.25, -0.2) is 4.98 Å². The number of nitrogens with zero attached hydrogens (tertiary/aromatic N) is 2. The first-order chi connectivity index (χ1) is 13.7. The summed E-state index contributed by atoms with van der Waals surface area (Å²) in [7, 11) is 0. The summed E-state index contributed by atoms with van der Waals surface area (Å²) >= 11 is 1.51. The summed E-state index contributed by atoms with van der Waals surface area (Å²) in [5.41, 5.74) is 4.30. The summed E-state index contributed by atoms with van der Waals surface area (Å²) in [6, 6.07) is 6.29. The molecule has 0 aliphatic heterocycles. The number of aryl methyl sites for hydroxylation is 2. The Bertz CT molecular complexity index is 1040. The lowest BCUT2D eigenvalue weighted by Crippen LogP contribution is -2.33. The molecule has 29 heavy (non-hydrogen) atoms. The second-order valence-electron chi connectivity index (χ2n) is 8.43. The molecule has 2 heterocycles. The van der Waals surface area contributed by atoms with Crippen molar-refractivity contribution in [2.45, 2.75) is 53.7 Å². The van der Waals surface area contributed by atoms with Crippen molar-refractivity contribution in [1.82, 2.24) is 14.9 Å². The molecule has 1 atom stereocenters. The maximum atomic E-state index is 12.9. The van der Waals surface area contributed by atoms with E-state index in [2.05, 4.69) is 55.8 Å². The van der Waals surface area contributed by atoms with Crippen molar-refractivity contribution in [3.63, 3.8) is 0 Å². The van der Waals surface area contributed by atoms with Crippen molar-refractivity contribution < 1.29 is 5.11 Å². The molecule has 1 aromatic carbocycles. The lowest BCUT2D eigenvalue weighted by Gasteiger charge is -2.24. The van der Waals surface area contributed by atoms with Crippen LogP contribution >= 0.6 is 11.3 Å². The molecule has 0 unspecified atom stereocenters. The fourth-order valence-electron chi connectivity index (χ4n) is 3.64. The molecule has 3 rings (SSSR count). The second-order valence-corrected chi connectivity index (χ2v) is 9.29. The SMILES string of the molecule is Cc1ccc(-c2csc3nc(CN(CCC(C)C)C[C@@H](C)O)[nH]c(=O)c23)c(C)c1. The molecule has 0 spiro atoms. The number of aromatic nitrogens is 2. The molecule has 5 nitrogen and oxygen atoms in total. The maximum Gasteiger partial charge on any atom is 0.260 e. The molecule has 0 saturated carbocycles. The van der Waals surface area contributed by atoms with Gasteiger partial charge in [0.25, 0.3) is 5.56 Å². The molecule has 0 fully saturated rings. The number of benzene rings is 1. The van der Waals surface area contributed by atoms with Gasteiger partial charge in [0.2, 0.25) is 0 Å². The zero-order chi connectivity index (χ0) is 21.1. The summed E-state index contributed by atoms with van der Waals surface area (Å²) in [6.07, 6.45) is 0.616.